The average Bonchev–Trinajstić information content (AvgIpc) is 2.74. The number of carboxylic acid groups (broad SMARTS) is 1. The molecule has 2 aromatic rings. The Morgan fingerprint density at radius 1 is 1.28 bits per heavy atom. The second kappa shape index (κ2) is 5.50. The molecular weight excluding hydrogens is 275 g/mol. The van der Waals surface area contributed by atoms with Crippen LogP contribution in [0.4, 0.5) is 4.39 Å². The predicted molar refractivity (Wildman–Crippen MR) is 69.8 cm³/mol. The maximum Gasteiger partial charge on any atom is 0.312 e. The van der Waals surface area contributed by atoms with Gasteiger partial charge in [-0.25, -0.2) is 4.39 Å². The third kappa shape index (κ3) is 3.09. The monoisotopic (exact) mass is 284 g/mol. The van der Waals surface area contributed by atoms with Crippen molar-refractivity contribution in [3.05, 3.63) is 57.0 Å². The lowest BCUT2D eigenvalue weighted by molar-refractivity contribution is -0.138. The molecule has 0 fully saturated rings. The molecule has 0 aliphatic carbocycles. The normalized spacial score (nSPS) is 12.3. The molecule has 2 nitrogen and oxygen atoms in total. The molecule has 5 heteroatoms. The number of carboxylic acids is 1. The van der Waals surface area contributed by atoms with Crippen molar-refractivity contribution in [3.63, 3.8) is 0 Å². The van der Waals surface area contributed by atoms with Crippen LogP contribution in [0.1, 0.15) is 16.4 Å². The third-order valence-electron chi connectivity index (χ3n) is 2.59. The van der Waals surface area contributed by atoms with Gasteiger partial charge in [-0.3, -0.25) is 4.79 Å². The van der Waals surface area contributed by atoms with E-state index in [0.717, 1.165) is 5.56 Å². The topological polar surface area (TPSA) is 37.3 Å². The van der Waals surface area contributed by atoms with Crippen LogP contribution in [0.25, 0.3) is 0 Å². The van der Waals surface area contributed by atoms with Crippen molar-refractivity contribution in [1.82, 2.24) is 0 Å². The summed E-state index contributed by atoms with van der Waals surface area (Å²) in [5.41, 5.74) is 0.785. The molecule has 0 aliphatic rings. The molecule has 1 aromatic carbocycles. The summed E-state index contributed by atoms with van der Waals surface area (Å²) in [5.74, 6) is -1.88. The van der Waals surface area contributed by atoms with Gasteiger partial charge in [0, 0.05) is 4.88 Å². The van der Waals surface area contributed by atoms with Gasteiger partial charge in [0.05, 0.1) is 10.3 Å². The highest BCUT2D eigenvalue weighted by Crippen LogP contribution is 2.30. The van der Waals surface area contributed by atoms with Gasteiger partial charge in [-0.15, -0.1) is 11.3 Å². The average molecular weight is 285 g/mol. The zero-order chi connectivity index (χ0) is 13.1. The minimum absolute atomic E-state index is 0.326. The molecule has 0 spiro atoms. The molecule has 0 aliphatic heterocycles. The highest BCUT2D eigenvalue weighted by atomic mass is 35.5. The van der Waals surface area contributed by atoms with E-state index in [9.17, 15) is 14.3 Å². The number of thiophene rings is 1. The number of rotatable bonds is 4. The zero-order valence-corrected chi connectivity index (χ0v) is 10.8. The smallest absolute Gasteiger partial charge is 0.312 e. The minimum Gasteiger partial charge on any atom is -0.481 e. The van der Waals surface area contributed by atoms with Gasteiger partial charge in [-0.1, -0.05) is 23.7 Å². The van der Waals surface area contributed by atoms with E-state index in [1.54, 1.807) is 24.3 Å². The Balaban J connectivity index is 2.22. The first-order chi connectivity index (χ1) is 8.56. The number of hydrogen-bond acceptors (Lipinski definition) is 2. The molecule has 0 amide bonds. The van der Waals surface area contributed by atoms with Crippen molar-refractivity contribution < 1.29 is 14.3 Å². The number of halogens is 2. The van der Waals surface area contributed by atoms with E-state index in [0.29, 0.717) is 15.6 Å². The summed E-state index contributed by atoms with van der Waals surface area (Å²) in [4.78, 5) is 12.0. The summed E-state index contributed by atoms with van der Waals surface area (Å²) in [6.45, 7) is 0. The molecule has 0 saturated heterocycles. The molecule has 1 heterocycles. The van der Waals surface area contributed by atoms with Crippen LogP contribution in [-0.2, 0) is 11.2 Å². The van der Waals surface area contributed by atoms with Gasteiger partial charge in [0.2, 0.25) is 0 Å². The number of carbonyl (C=O) groups is 1. The summed E-state index contributed by atoms with van der Waals surface area (Å²) in [5, 5.41) is 9.24. The van der Waals surface area contributed by atoms with Crippen molar-refractivity contribution in [3.8, 4) is 0 Å². The standard InChI is InChI=1S/C13H10ClFO2S/c14-12-6-5-11(18-12)10(13(16)17)7-8-1-3-9(15)4-2-8/h1-6,10H,7H2,(H,16,17). The van der Waals surface area contributed by atoms with Crippen LogP contribution in [0.2, 0.25) is 4.34 Å². The van der Waals surface area contributed by atoms with E-state index < -0.39 is 11.9 Å². The van der Waals surface area contributed by atoms with Crippen LogP contribution < -0.4 is 0 Å². The second-order valence-electron chi connectivity index (χ2n) is 3.86. The maximum absolute atomic E-state index is 12.8. The lowest BCUT2D eigenvalue weighted by atomic mass is 9.98. The molecule has 94 valence electrons. The van der Waals surface area contributed by atoms with E-state index >= 15 is 0 Å². The Labute approximate surface area is 113 Å². The van der Waals surface area contributed by atoms with Crippen LogP contribution in [0.5, 0.6) is 0 Å². The lowest BCUT2D eigenvalue weighted by Gasteiger charge is -2.10. The van der Waals surface area contributed by atoms with Crippen LogP contribution in [0.15, 0.2) is 36.4 Å². The fourth-order valence-corrected chi connectivity index (χ4v) is 2.84. The van der Waals surface area contributed by atoms with Gasteiger partial charge in [-0.2, -0.15) is 0 Å². The van der Waals surface area contributed by atoms with Crippen LogP contribution in [-0.4, -0.2) is 11.1 Å². The summed E-state index contributed by atoms with van der Waals surface area (Å²) in [6.07, 6.45) is 0.326. The molecule has 1 N–H and O–H groups in total. The van der Waals surface area contributed by atoms with Crippen LogP contribution >= 0.6 is 22.9 Å². The molecule has 0 radical (unpaired) electrons. The zero-order valence-electron chi connectivity index (χ0n) is 9.27. The van der Waals surface area contributed by atoms with Gasteiger partial charge < -0.3 is 5.11 Å². The Morgan fingerprint density at radius 3 is 2.44 bits per heavy atom. The highest BCUT2D eigenvalue weighted by molar-refractivity contribution is 7.16. The van der Waals surface area contributed by atoms with Gasteiger partial charge in [0.1, 0.15) is 5.82 Å². The number of aliphatic carboxylic acids is 1. The van der Waals surface area contributed by atoms with E-state index in [-0.39, 0.29) is 5.82 Å². The Bertz CT molecular complexity index is 550. The van der Waals surface area contributed by atoms with E-state index in [2.05, 4.69) is 0 Å². The number of benzene rings is 1. The van der Waals surface area contributed by atoms with Crippen molar-refractivity contribution in [1.29, 1.82) is 0 Å². The van der Waals surface area contributed by atoms with Gasteiger partial charge in [0.25, 0.3) is 0 Å². The Hall–Kier alpha value is -1.39. The molecule has 1 atom stereocenters. The molecule has 0 bridgehead atoms. The molecule has 0 saturated carbocycles. The summed E-state index contributed by atoms with van der Waals surface area (Å²) in [6, 6.07) is 9.25. The first kappa shape index (κ1) is 13.1. The summed E-state index contributed by atoms with van der Waals surface area (Å²) >= 11 is 7.07. The van der Waals surface area contributed by atoms with Crippen LogP contribution in [0, 0.1) is 5.82 Å². The molecule has 1 aromatic heterocycles. The Morgan fingerprint density at radius 2 is 1.94 bits per heavy atom. The van der Waals surface area contributed by atoms with E-state index in [1.807, 2.05) is 0 Å². The fourth-order valence-electron chi connectivity index (χ4n) is 1.68. The van der Waals surface area contributed by atoms with Crippen molar-refractivity contribution in [2.45, 2.75) is 12.3 Å². The van der Waals surface area contributed by atoms with E-state index in [4.69, 9.17) is 11.6 Å². The van der Waals surface area contributed by atoms with Crippen molar-refractivity contribution in [2.24, 2.45) is 0 Å². The molecular formula is C13H10ClFO2S. The molecule has 1 unspecified atom stereocenters. The SMILES string of the molecule is O=C(O)C(Cc1ccc(F)cc1)c1ccc(Cl)s1. The van der Waals surface area contributed by atoms with Gasteiger partial charge in [-0.05, 0) is 36.2 Å². The first-order valence-corrected chi connectivity index (χ1v) is 6.48. The van der Waals surface area contributed by atoms with Crippen molar-refractivity contribution in [2.75, 3.05) is 0 Å². The molecule has 18 heavy (non-hydrogen) atoms. The second-order valence-corrected chi connectivity index (χ2v) is 5.61. The Kier molecular flexibility index (Phi) is 3.99. The quantitative estimate of drug-likeness (QED) is 0.923. The van der Waals surface area contributed by atoms with Gasteiger partial charge >= 0.3 is 5.97 Å². The summed E-state index contributed by atoms with van der Waals surface area (Å²) in [7, 11) is 0. The van der Waals surface area contributed by atoms with E-state index in [1.165, 1.54) is 23.5 Å². The van der Waals surface area contributed by atoms with Crippen molar-refractivity contribution >= 4 is 28.9 Å². The maximum atomic E-state index is 12.8. The first-order valence-electron chi connectivity index (χ1n) is 5.29. The van der Waals surface area contributed by atoms with Crippen LogP contribution in [0.3, 0.4) is 0 Å². The molecule has 2 rings (SSSR count). The summed E-state index contributed by atoms with van der Waals surface area (Å²) < 4.78 is 13.3. The third-order valence-corrected chi connectivity index (χ3v) is 3.93. The minimum atomic E-state index is -0.905. The van der Waals surface area contributed by atoms with Gasteiger partial charge in [0.15, 0.2) is 0 Å². The lowest BCUT2D eigenvalue weighted by Crippen LogP contribution is -2.13. The fraction of sp³-hybridized carbons (Fsp3) is 0.154. The number of hydrogen-bond donors (Lipinski definition) is 1. The predicted octanol–water partition coefficient (Wildman–Crippen LogP) is 3.95. The highest BCUT2D eigenvalue weighted by Gasteiger charge is 2.22. The largest absolute Gasteiger partial charge is 0.481 e.